The highest BCUT2D eigenvalue weighted by molar-refractivity contribution is 6.30. The lowest BCUT2D eigenvalue weighted by molar-refractivity contribution is 0.0987. The summed E-state index contributed by atoms with van der Waals surface area (Å²) in [4.78, 5) is 23.1. The van der Waals surface area contributed by atoms with E-state index in [1.165, 1.54) is 0 Å². The van der Waals surface area contributed by atoms with E-state index >= 15 is 0 Å². The molecule has 6 heteroatoms. The molecule has 5 nitrogen and oxygen atoms in total. The molecule has 3 rings (SSSR count). The minimum atomic E-state index is -0.118. The second kappa shape index (κ2) is 8.64. The van der Waals surface area contributed by atoms with Gasteiger partial charge in [0.05, 0.1) is 5.56 Å². The SMILES string of the molecule is CCN(C(=O)c1cnc(NCc2ccc(Cl)cc2)nc1)c1cccc(C)c1. The third-order valence-corrected chi connectivity index (χ3v) is 4.39. The van der Waals surface area contributed by atoms with Crippen LogP contribution in [0.25, 0.3) is 0 Å². The van der Waals surface area contributed by atoms with Crippen LogP contribution in [-0.2, 0) is 6.54 Å². The average molecular weight is 381 g/mol. The summed E-state index contributed by atoms with van der Waals surface area (Å²) in [5.41, 5.74) is 3.50. The normalized spacial score (nSPS) is 10.5. The Morgan fingerprint density at radius 2 is 1.81 bits per heavy atom. The maximum Gasteiger partial charge on any atom is 0.261 e. The lowest BCUT2D eigenvalue weighted by Crippen LogP contribution is -2.30. The molecule has 0 fully saturated rings. The number of aromatic nitrogens is 2. The molecule has 2 aromatic carbocycles. The zero-order chi connectivity index (χ0) is 19.2. The number of anilines is 2. The number of halogens is 1. The molecule has 0 aliphatic carbocycles. The Hall–Kier alpha value is -2.92. The Labute approximate surface area is 164 Å². The monoisotopic (exact) mass is 380 g/mol. The fourth-order valence-electron chi connectivity index (χ4n) is 2.71. The number of hydrogen-bond donors (Lipinski definition) is 1. The molecule has 0 saturated carbocycles. The van der Waals surface area contributed by atoms with Gasteiger partial charge in [0.15, 0.2) is 0 Å². The lowest BCUT2D eigenvalue weighted by Gasteiger charge is -2.21. The molecule has 0 atom stereocenters. The minimum absolute atomic E-state index is 0.118. The lowest BCUT2D eigenvalue weighted by atomic mass is 10.2. The fourth-order valence-corrected chi connectivity index (χ4v) is 2.83. The minimum Gasteiger partial charge on any atom is -0.350 e. The van der Waals surface area contributed by atoms with Gasteiger partial charge in [0.2, 0.25) is 5.95 Å². The maximum atomic E-state index is 12.8. The number of benzene rings is 2. The Morgan fingerprint density at radius 1 is 1.11 bits per heavy atom. The van der Waals surface area contributed by atoms with E-state index in [4.69, 9.17) is 11.6 Å². The van der Waals surface area contributed by atoms with Crippen LogP contribution in [0.2, 0.25) is 5.02 Å². The van der Waals surface area contributed by atoms with Crippen molar-refractivity contribution >= 4 is 29.1 Å². The van der Waals surface area contributed by atoms with E-state index in [-0.39, 0.29) is 5.91 Å². The van der Waals surface area contributed by atoms with Crippen molar-refractivity contribution < 1.29 is 4.79 Å². The molecule has 3 aromatic rings. The number of amides is 1. The van der Waals surface area contributed by atoms with Gasteiger partial charge in [-0.3, -0.25) is 4.79 Å². The van der Waals surface area contributed by atoms with Crippen LogP contribution < -0.4 is 10.2 Å². The van der Waals surface area contributed by atoms with E-state index < -0.39 is 0 Å². The van der Waals surface area contributed by atoms with Gasteiger partial charge in [0.25, 0.3) is 5.91 Å². The van der Waals surface area contributed by atoms with Crippen LogP contribution in [0.3, 0.4) is 0 Å². The molecule has 1 aromatic heterocycles. The molecule has 1 heterocycles. The third-order valence-electron chi connectivity index (χ3n) is 4.14. The second-order valence-electron chi connectivity index (χ2n) is 6.16. The number of carbonyl (C=O) groups excluding carboxylic acids is 1. The van der Waals surface area contributed by atoms with Crippen molar-refractivity contribution in [3.05, 3.63) is 82.6 Å². The molecule has 0 bridgehead atoms. The van der Waals surface area contributed by atoms with E-state index in [0.717, 1.165) is 16.8 Å². The van der Waals surface area contributed by atoms with Crippen LogP contribution in [0.4, 0.5) is 11.6 Å². The standard InChI is InChI=1S/C21H21ClN4O/c1-3-26(19-6-4-5-15(2)11-19)20(27)17-13-24-21(25-14-17)23-12-16-7-9-18(22)10-8-16/h4-11,13-14H,3,12H2,1-2H3,(H,23,24,25). The molecule has 1 N–H and O–H groups in total. The summed E-state index contributed by atoms with van der Waals surface area (Å²) in [5, 5.41) is 3.84. The molecule has 138 valence electrons. The first-order valence-electron chi connectivity index (χ1n) is 8.75. The summed E-state index contributed by atoms with van der Waals surface area (Å²) < 4.78 is 0. The molecule has 0 aliphatic heterocycles. The predicted molar refractivity (Wildman–Crippen MR) is 109 cm³/mol. The van der Waals surface area contributed by atoms with Gasteiger partial charge in [0.1, 0.15) is 0 Å². The van der Waals surface area contributed by atoms with Crippen LogP contribution in [-0.4, -0.2) is 22.4 Å². The number of nitrogens with zero attached hydrogens (tertiary/aromatic N) is 3. The first kappa shape index (κ1) is 18.9. The maximum absolute atomic E-state index is 12.8. The third kappa shape index (κ3) is 4.83. The van der Waals surface area contributed by atoms with Crippen molar-refractivity contribution in [1.29, 1.82) is 0 Å². The van der Waals surface area contributed by atoms with E-state index in [0.29, 0.717) is 29.6 Å². The van der Waals surface area contributed by atoms with Crippen molar-refractivity contribution in [3.63, 3.8) is 0 Å². The van der Waals surface area contributed by atoms with E-state index in [2.05, 4.69) is 15.3 Å². The Kier molecular flexibility index (Phi) is 6.04. The quantitative estimate of drug-likeness (QED) is 0.672. The van der Waals surface area contributed by atoms with Gasteiger partial charge >= 0.3 is 0 Å². The summed E-state index contributed by atoms with van der Waals surface area (Å²) in [6.07, 6.45) is 3.11. The van der Waals surface area contributed by atoms with Crippen LogP contribution in [0.15, 0.2) is 60.9 Å². The second-order valence-corrected chi connectivity index (χ2v) is 6.60. The van der Waals surface area contributed by atoms with E-state index in [1.807, 2.05) is 62.4 Å². The van der Waals surface area contributed by atoms with Gasteiger partial charge in [-0.15, -0.1) is 0 Å². The number of nitrogens with one attached hydrogen (secondary N) is 1. The van der Waals surface area contributed by atoms with Gasteiger partial charge in [-0.05, 0) is 49.2 Å². The molecule has 0 aliphatic rings. The van der Waals surface area contributed by atoms with E-state index in [9.17, 15) is 4.79 Å². The molecular formula is C21H21ClN4O. The van der Waals surface area contributed by atoms with Crippen LogP contribution >= 0.6 is 11.6 Å². The Balaban J connectivity index is 1.68. The molecule has 0 radical (unpaired) electrons. The van der Waals surface area contributed by atoms with Crippen molar-refractivity contribution in [2.75, 3.05) is 16.8 Å². The van der Waals surface area contributed by atoms with Crippen molar-refractivity contribution in [3.8, 4) is 0 Å². The first-order valence-corrected chi connectivity index (χ1v) is 9.13. The van der Waals surface area contributed by atoms with Gasteiger partial charge in [-0.25, -0.2) is 9.97 Å². The summed E-state index contributed by atoms with van der Waals surface area (Å²) in [7, 11) is 0. The van der Waals surface area contributed by atoms with E-state index in [1.54, 1.807) is 17.3 Å². The molecule has 1 amide bonds. The largest absolute Gasteiger partial charge is 0.350 e. The Bertz CT molecular complexity index is 910. The number of rotatable bonds is 6. The first-order chi connectivity index (χ1) is 13.1. The topological polar surface area (TPSA) is 58.1 Å². The molecular weight excluding hydrogens is 360 g/mol. The van der Waals surface area contributed by atoms with Gasteiger partial charge in [-0.1, -0.05) is 35.9 Å². The average Bonchev–Trinajstić information content (AvgIpc) is 2.68. The van der Waals surface area contributed by atoms with Crippen LogP contribution in [0, 0.1) is 6.92 Å². The van der Waals surface area contributed by atoms with Gasteiger partial charge in [-0.2, -0.15) is 0 Å². The highest BCUT2D eigenvalue weighted by Crippen LogP contribution is 2.18. The highest BCUT2D eigenvalue weighted by Gasteiger charge is 2.17. The number of carbonyl (C=O) groups is 1. The van der Waals surface area contributed by atoms with Gasteiger partial charge < -0.3 is 10.2 Å². The molecule has 27 heavy (non-hydrogen) atoms. The molecule has 0 unspecified atom stereocenters. The molecule has 0 spiro atoms. The van der Waals surface area contributed by atoms with Crippen molar-refractivity contribution in [1.82, 2.24) is 9.97 Å². The Morgan fingerprint density at radius 3 is 2.44 bits per heavy atom. The summed E-state index contributed by atoms with van der Waals surface area (Å²) in [6, 6.07) is 15.4. The zero-order valence-electron chi connectivity index (χ0n) is 15.3. The molecule has 0 saturated heterocycles. The predicted octanol–water partition coefficient (Wildman–Crippen LogP) is 4.72. The fraction of sp³-hybridized carbons (Fsp3) is 0.190. The number of hydrogen-bond acceptors (Lipinski definition) is 4. The van der Waals surface area contributed by atoms with Crippen molar-refractivity contribution in [2.24, 2.45) is 0 Å². The smallest absolute Gasteiger partial charge is 0.261 e. The summed E-state index contributed by atoms with van der Waals surface area (Å²) in [5.74, 6) is 0.354. The highest BCUT2D eigenvalue weighted by atomic mass is 35.5. The summed E-state index contributed by atoms with van der Waals surface area (Å²) >= 11 is 5.89. The van der Waals surface area contributed by atoms with Gasteiger partial charge in [0, 0.05) is 36.2 Å². The number of aryl methyl sites for hydroxylation is 1. The van der Waals surface area contributed by atoms with Crippen molar-refractivity contribution in [2.45, 2.75) is 20.4 Å². The van der Waals surface area contributed by atoms with Crippen LogP contribution in [0.1, 0.15) is 28.4 Å². The summed E-state index contributed by atoms with van der Waals surface area (Å²) in [6.45, 7) is 5.10. The zero-order valence-corrected chi connectivity index (χ0v) is 16.1. The van der Waals surface area contributed by atoms with Crippen LogP contribution in [0.5, 0.6) is 0 Å².